The highest BCUT2D eigenvalue weighted by Gasteiger charge is 2.29. The number of nitro groups is 1. The van der Waals surface area contributed by atoms with Crippen molar-refractivity contribution in [2.45, 2.75) is 6.04 Å². The van der Waals surface area contributed by atoms with E-state index in [1.54, 1.807) is 0 Å². The number of carboxylic acid groups (broad SMARTS) is 1. The average Bonchev–Trinajstić information content (AvgIpc) is 2.26. The lowest BCUT2D eigenvalue weighted by Gasteiger charge is -2.06. The highest BCUT2D eigenvalue weighted by Crippen LogP contribution is 2.04. The summed E-state index contributed by atoms with van der Waals surface area (Å²) in [6.07, 6.45) is 0. The molecular formula is C9H5N3O5. The Labute approximate surface area is 93.1 Å². The van der Waals surface area contributed by atoms with E-state index in [9.17, 15) is 19.7 Å². The number of non-ortho nitro benzene ring substituents is 1. The molecule has 1 N–H and O–H groups in total. The zero-order valence-corrected chi connectivity index (χ0v) is 8.23. The van der Waals surface area contributed by atoms with Gasteiger partial charge >= 0.3 is 5.97 Å². The first-order chi connectivity index (χ1) is 8.00. The lowest BCUT2D eigenvalue weighted by molar-refractivity contribution is -0.386. The van der Waals surface area contributed by atoms with Gasteiger partial charge < -0.3 is 5.11 Å². The van der Waals surface area contributed by atoms with Crippen LogP contribution in [-0.4, -0.2) is 27.9 Å². The minimum atomic E-state index is -1.71. The van der Waals surface area contributed by atoms with Crippen molar-refractivity contribution in [2.24, 2.45) is 9.98 Å². The van der Waals surface area contributed by atoms with Crippen molar-refractivity contribution in [1.82, 2.24) is 0 Å². The normalized spacial score (nSPS) is 17.6. The Hall–Kier alpha value is -2.64. The third-order valence-electron chi connectivity index (χ3n) is 2.15. The molecule has 1 aliphatic rings. The predicted octanol–water partition coefficient (Wildman–Crippen LogP) is -1.17. The van der Waals surface area contributed by atoms with Crippen LogP contribution in [0.3, 0.4) is 0 Å². The van der Waals surface area contributed by atoms with Crippen LogP contribution in [0.15, 0.2) is 28.2 Å². The van der Waals surface area contributed by atoms with E-state index >= 15 is 0 Å². The van der Waals surface area contributed by atoms with Crippen LogP contribution in [0.25, 0.3) is 0 Å². The molecule has 0 bridgehead atoms. The number of para-hydroxylation sites is 1. The molecule has 0 saturated heterocycles. The number of benzene rings is 1. The number of nitro benzene ring substituents is 1. The average molecular weight is 235 g/mol. The minimum Gasteiger partial charge on any atom is -0.479 e. The van der Waals surface area contributed by atoms with E-state index in [4.69, 9.17) is 5.11 Å². The lowest BCUT2D eigenvalue weighted by atomic mass is 10.2. The van der Waals surface area contributed by atoms with Gasteiger partial charge in [0.05, 0.1) is 10.3 Å². The number of aliphatic carboxylic acids is 1. The molecule has 8 nitrogen and oxygen atoms in total. The van der Waals surface area contributed by atoms with Crippen molar-refractivity contribution in [2.75, 3.05) is 0 Å². The molecule has 1 heterocycles. The Morgan fingerprint density at radius 2 is 2.18 bits per heavy atom. The van der Waals surface area contributed by atoms with Crippen LogP contribution >= 0.6 is 0 Å². The second-order valence-corrected chi connectivity index (χ2v) is 3.22. The van der Waals surface area contributed by atoms with Gasteiger partial charge in [-0.3, -0.25) is 19.9 Å². The van der Waals surface area contributed by atoms with E-state index < -0.39 is 22.8 Å². The summed E-state index contributed by atoms with van der Waals surface area (Å²) in [5.74, 6) is -2.42. The van der Waals surface area contributed by atoms with E-state index in [0.29, 0.717) is 0 Å². The summed E-state index contributed by atoms with van der Waals surface area (Å²) >= 11 is 0. The van der Waals surface area contributed by atoms with Crippen molar-refractivity contribution < 1.29 is 19.6 Å². The topological polar surface area (TPSA) is 122 Å². The van der Waals surface area contributed by atoms with E-state index in [1.807, 2.05) is 0 Å². The number of hydrogen-bond acceptors (Lipinski definition) is 5. The molecule has 0 aromatic heterocycles. The van der Waals surface area contributed by atoms with Gasteiger partial charge in [-0.15, -0.1) is 0 Å². The van der Waals surface area contributed by atoms with Gasteiger partial charge in [0.1, 0.15) is 0 Å². The summed E-state index contributed by atoms with van der Waals surface area (Å²) in [7, 11) is 0. The number of hydrogen-bond donors (Lipinski definition) is 1. The van der Waals surface area contributed by atoms with Crippen molar-refractivity contribution in [1.29, 1.82) is 0 Å². The molecule has 0 spiro atoms. The third kappa shape index (κ3) is 1.75. The number of rotatable bonds is 2. The fraction of sp³-hybridized carbons (Fsp3) is 0.111. The quantitative estimate of drug-likeness (QED) is 0.393. The molecule has 8 heteroatoms. The zero-order chi connectivity index (χ0) is 12.6. The van der Waals surface area contributed by atoms with Crippen molar-refractivity contribution in [3.8, 4) is 0 Å². The van der Waals surface area contributed by atoms with Gasteiger partial charge in [0.25, 0.3) is 11.6 Å². The molecule has 1 amide bonds. The maximum atomic E-state index is 11.3. The van der Waals surface area contributed by atoms with Gasteiger partial charge in [-0.1, -0.05) is 6.07 Å². The smallest absolute Gasteiger partial charge is 0.338 e. The highest BCUT2D eigenvalue weighted by atomic mass is 16.6. The number of carbonyl (C=O) groups is 2. The van der Waals surface area contributed by atoms with Crippen LogP contribution in [-0.2, 0) is 9.59 Å². The molecule has 1 aliphatic heterocycles. The van der Waals surface area contributed by atoms with Crippen LogP contribution in [0.5, 0.6) is 0 Å². The van der Waals surface area contributed by atoms with Gasteiger partial charge in [0.2, 0.25) is 6.04 Å². The first kappa shape index (κ1) is 10.9. The van der Waals surface area contributed by atoms with Gasteiger partial charge in [-0.2, -0.15) is 0 Å². The fourth-order valence-electron chi connectivity index (χ4n) is 1.41. The molecular weight excluding hydrogens is 230 g/mol. The summed E-state index contributed by atoms with van der Waals surface area (Å²) in [5, 5.41) is 19.3. The second-order valence-electron chi connectivity index (χ2n) is 3.22. The van der Waals surface area contributed by atoms with Crippen LogP contribution in [0.1, 0.15) is 0 Å². The zero-order valence-electron chi connectivity index (χ0n) is 8.23. The van der Waals surface area contributed by atoms with E-state index in [2.05, 4.69) is 9.98 Å². The Morgan fingerprint density at radius 3 is 2.76 bits per heavy atom. The molecule has 1 unspecified atom stereocenters. The first-order valence-electron chi connectivity index (χ1n) is 4.47. The maximum absolute atomic E-state index is 11.3. The standard InChI is InChI=1S/C9H5N3O5/c13-8-7(9(14)15)11-6-4(10-8)2-1-3-5(6)12(16)17/h1-3,7H,(H,14,15). The lowest BCUT2D eigenvalue weighted by Crippen LogP contribution is -2.41. The van der Waals surface area contributed by atoms with E-state index in [1.165, 1.54) is 18.2 Å². The number of amides is 1. The number of fused-ring (bicyclic) bond motifs is 1. The summed E-state index contributed by atoms with van der Waals surface area (Å²) in [5.41, 5.74) is -0.370. The molecule has 0 aliphatic carbocycles. The SMILES string of the molecule is O=C(O)C1N=c2c([N+](=O)[O-])cccc2=NC1=O. The molecule has 1 atom stereocenters. The van der Waals surface area contributed by atoms with Gasteiger partial charge in [-0.25, -0.2) is 9.79 Å². The van der Waals surface area contributed by atoms with Gasteiger partial charge in [-0.05, 0) is 6.07 Å². The summed E-state index contributed by atoms with van der Waals surface area (Å²) < 4.78 is 0. The fourth-order valence-corrected chi connectivity index (χ4v) is 1.41. The third-order valence-corrected chi connectivity index (χ3v) is 2.15. The molecule has 1 aromatic rings. The van der Waals surface area contributed by atoms with E-state index in [-0.39, 0.29) is 16.4 Å². The molecule has 0 saturated carbocycles. The molecule has 2 rings (SSSR count). The van der Waals surface area contributed by atoms with Gasteiger partial charge in [0, 0.05) is 6.07 Å². The molecule has 0 radical (unpaired) electrons. The monoisotopic (exact) mass is 235 g/mol. The summed E-state index contributed by atoms with van der Waals surface area (Å²) in [4.78, 5) is 39.0. The largest absolute Gasteiger partial charge is 0.479 e. The minimum absolute atomic E-state index is 0.0155. The molecule has 86 valence electrons. The van der Waals surface area contributed by atoms with Crippen LogP contribution < -0.4 is 10.7 Å². The first-order valence-corrected chi connectivity index (χ1v) is 4.47. The Balaban J connectivity index is 2.79. The van der Waals surface area contributed by atoms with Crippen molar-refractivity contribution in [3.63, 3.8) is 0 Å². The molecule has 17 heavy (non-hydrogen) atoms. The predicted molar refractivity (Wildman–Crippen MR) is 51.8 cm³/mol. The summed E-state index contributed by atoms with van der Waals surface area (Å²) in [6.45, 7) is 0. The Bertz CT molecular complexity index is 651. The van der Waals surface area contributed by atoms with Crippen LogP contribution in [0.4, 0.5) is 5.69 Å². The maximum Gasteiger partial charge on any atom is 0.338 e. The number of carbonyl (C=O) groups excluding carboxylic acids is 1. The molecule has 0 fully saturated rings. The van der Waals surface area contributed by atoms with Crippen LogP contribution in [0, 0.1) is 10.1 Å². The van der Waals surface area contributed by atoms with E-state index in [0.717, 1.165) is 0 Å². The Kier molecular flexibility index (Phi) is 2.39. The summed E-state index contributed by atoms with van der Waals surface area (Å²) in [6, 6.07) is 2.18. The van der Waals surface area contributed by atoms with Crippen molar-refractivity contribution in [3.05, 3.63) is 39.0 Å². The number of nitrogens with zero attached hydrogens (tertiary/aromatic N) is 3. The Morgan fingerprint density at radius 1 is 1.47 bits per heavy atom. The number of carboxylic acids is 1. The van der Waals surface area contributed by atoms with Crippen LogP contribution in [0.2, 0.25) is 0 Å². The highest BCUT2D eigenvalue weighted by molar-refractivity contribution is 6.02. The van der Waals surface area contributed by atoms with Crippen molar-refractivity contribution >= 4 is 17.6 Å². The molecule has 1 aromatic carbocycles. The van der Waals surface area contributed by atoms with Gasteiger partial charge in [0.15, 0.2) is 5.36 Å². The second kappa shape index (κ2) is 3.74.